The first-order valence-electron chi connectivity index (χ1n) is 5.06. The molecule has 1 fully saturated rings. The van der Waals surface area contributed by atoms with Gasteiger partial charge in [-0.15, -0.1) is 0 Å². The van der Waals surface area contributed by atoms with Gasteiger partial charge in [-0.25, -0.2) is 0 Å². The van der Waals surface area contributed by atoms with Crippen molar-refractivity contribution < 1.29 is 26.7 Å². The molecule has 1 aliphatic rings. The van der Waals surface area contributed by atoms with Crippen molar-refractivity contribution in [1.82, 2.24) is 10.6 Å². The fourth-order valence-electron chi connectivity index (χ4n) is 1.62. The average molecular weight is 260 g/mol. The lowest BCUT2D eigenvalue weighted by Crippen LogP contribution is -2.55. The maximum Gasteiger partial charge on any atom is 0.463 e. The van der Waals surface area contributed by atoms with Crippen LogP contribution in [0.1, 0.15) is 19.8 Å². The Balaban J connectivity index is 2.55. The summed E-state index contributed by atoms with van der Waals surface area (Å²) < 4.78 is 60.7. The van der Waals surface area contributed by atoms with Gasteiger partial charge in [0.05, 0.1) is 0 Å². The highest BCUT2D eigenvalue weighted by Crippen LogP contribution is 2.35. The van der Waals surface area contributed by atoms with E-state index in [1.807, 2.05) is 0 Å². The highest BCUT2D eigenvalue weighted by molar-refractivity contribution is 5.84. The van der Waals surface area contributed by atoms with Crippen molar-refractivity contribution in [3.63, 3.8) is 0 Å². The number of rotatable bonds is 3. The molecule has 0 aromatic heterocycles. The first-order valence-corrected chi connectivity index (χ1v) is 5.06. The number of halogens is 5. The predicted octanol–water partition coefficient (Wildman–Crippen LogP) is 1.44. The zero-order chi connectivity index (χ0) is 13.3. The van der Waals surface area contributed by atoms with Crippen molar-refractivity contribution in [1.29, 1.82) is 0 Å². The van der Waals surface area contributed by atoms with Crippen molar-refractivity contribution in [3.8, 4) is 0 Å². The van der Waals surface area contributed by atoms with Crippen LogP contribution in [0.15, 0.2) is 0 Å². The van der Waals surface area contributed by atoms with Crippen LogP contribution < -0.4 is 10.6 Å². The summed E-state index contributed by atoms with van der Waals surface area (Å²) in [4.78, 5) is 10.8. The Bertz CT molecular complexity index is 296. The molecule has 1 atom stereocenters. The molecule has 1 amide bonds. The number of hydrogen-bond acceptors (Lipinski definition) is 2. The normalized spacial score (nSPS) is 26.0. The van der Waals surface area contributed by atoms with Crippen LogP contribution in [0.2, 0.25) is 0 Å². The molecule has 1 aliphatic heterocycles. The van der Waals surface area contributed by atoms with Crippen LogP contribution in [-0.4, -0.2) is 36.6 Å². The standard InChI is InChI=1S/C9H13F5N2O/c1-7(3-2-4-16-7)5-15-6(17)8(10,11)9(12,13)14/h16H,2-5H2,1H3,(H,15,17). The molecule has 0 aromatic rings. The summed E-state index contributed by atoms with van der Waals surface area (Å²) >= 11 is 0. The van der Waals surface area contributed by atoms with Crippen LogP contribution in [0.5, 0.6) is 0 Å². The molecule has 0 saturated carbocycles. The Morgan fingerprint density at radius 2 is 1.94 bits per heavy atom. The van der Waals surface area contributed by atoms with Crippen LogP contribution >= 0.6 is 0 Å². The lowest BCUT2D eigenvalue weighted by molar-refractivity contribution is -0.269. The van der Waals surface area contributed by atoms with Gasteiger partial charge in [-0.1, -0.05) is 0 Å². The van der Waals surface area contributed by atoms with E-state index in [9.17, 15) is 26.7 Å². The lowest BCUT2D eigenvalue weighted by Gasteiger charge is -2.26. The Morgan fingerprint density at radius 1 is 1.35 bits per heavy atom. The van der Waals surface area contributed by atoms with Crippen molar-refractivity contribution >= 4 is 5.91 Å². The number of hydrogen-bond donors (Lipinski definition) is 2. The van der Waals surface area contributed by atoms with E-state index < -0.39 is 23.5 Å². The molecular weight excluding hydrogens is 247 g/mol. The van der Waals surface area contributed by atoms with E-state index in [4.69, 9.17) is 0 Å². The quantitative estimate of drug-likeness (QED) is 0.754. The molecule has 1 saturated heterocycles. The Labute approximate surface area is 94.7 Å². The van der Waals surface area contributed by atoms with Gasteiger partial charge in [0.2, 0.25) is 0 Å². The molecule has 8 heteroatoms. The Morgan fingerprint density at radius 3 is 2.35 bits per heavy atom. The van der Waals surface area contributed by atoms with E-state index in [-0.39, 0.29) is 6.54 Å². The van der Waals surface area contributed by atoms with E-state index in [0.717, 1.165) is 6.42 Å². The van der Waals surface area contributed by atoms with E-state index in [1.54, 1.807) is 12.2 Å². The fourth-order valence-corrected chi connectivity index (χ4v) is 1.62. The predicted molar refractivity (Wildman–Crippen MR) is 49.7 cm³/mol. The Kier molecular flexibility index (Phi) is 3.66. The molecule has 1 heterocycles. The van der Waals surface area contributed by atoms with Crippen LogP contribution in [0.3, 0.4) is 0 Å². The number of carbonyl (C=O) groups excluding carboxylic acids is 1. The third-order valence-electron chi connectivity index (χ3n) is 2.74. The van der Waals surface area contributed by atoms with Crippen LogP contribution in [0.25, 0.3) is 0 Å². The van der Waals surface area contributed by atoms with E-state index in [0.29, 0.717) is 13.0 Å². The molecule has 17 heavy (non-hydrogen) atoms. The van der Waals surface area contributed by atoms with Crippen molar-refractivity contribution in [2.24, 2.45) is 0 Å². The number of amides is 1. The van der Waals surface area contributed by atoms with Crippen molar-refractivity contribution in [3.05, 3.63) is 0 Å². The smallest absolute Gasteiger partial charge is 0.349 e. The first kappa shape index (κ1) is 14.1. The van der Waals surface area contributed by atoms with Gasteiger partial charge < -0.3 is 10.6 Å². The molecule has 0 aliphatic carbocycles. The lowest BCUT2D eigenvalue weighted by atomic mass is 10.0. The molecule has 2 N–H and O–H groups in total. The van der Waals surface area contributed by atoms with Crippen LogP contribution in [0.4, 0.5) is 22.0 Å². The Hall–Kier alpha value is -0.920. The third-order valence-corrected chi connectivity index (χ3v) is 2.74. The minimum absolute atomic E-state index is 0.252. The van der Waals surface area contributed by atoms with Gasteiger partial charge >= 0.3 is 12.1 Å². The van der Waals surface area contributed by atoms with Gasteiger partial charge in [0.25, 0.3) is 5.91 Å². The maximum atomic E-state index is 12.6. The molecule has 1 unspecified atom stereocenters. The van der Waals surface area contributed by atoms with Gasteiger partial charge in [0.15, 0.2) is 0 Å². The van der Waals surface area contributed by atoms with E-state index >= 15 is 0 Å². The highest BCUT2D eigenvalue weighted by Gasteiger charge is 2.63. The largest absolute Gasteiger partial charge is 0.463 e. The van der Waals surface area contributed by atoms with Crippen molar-refractivity contribution in [2.75, 3.05) is 13.1 Å². The molecule has 1 rings (SSSR count). The number of nitrogens with one attached hydrogen (secondary N) is 2. The monoisotopic (exact) mass is 260 g/mol. The van der Waals surface area contributed by atoms with Gasteiger partial charge in [-0.05, 0) is 26.3 Å². The summed E-state index contributed by atoms with van der Waals surface area (Å²) in [6.07, 6.45) is -4.45. The number of alkyl halides is 5. The summed E-state index contributed by atoms with van der Waals surface area (Å²) in [6, 6.07) is 0. The van der Waals surface area contributed by atoms with Gasteiger partial charge in [0.1, 0.15) is 0 Å². The summed E-state index contributed by atoms with van der Waals surface area (Å²) in [7, 11) is 0. The summed E-state index contributed by atoms with van der Waals surface area (Å²) in [5.41, 5.74) is -0.614. The fraction of sp³-hybridized carbons (Fsp3) is 0.889. The zero-order valence-corrected chi connectivity index (χ0v) is 9.13. The van der Waals surface area contributed by atoms with Crippen LogP contribution in [-0.2, 0) is 4.79 Å². The minimum atomic E-state index is -5.86. The molecule has 0 radical (unpaired) electrons. The third kappa shape index (κ3) is 3.05. The molecule has 100 valence electrons. The van der Waals surface area contributed by atoms with Gasteiger partial charge in [-0.2, -0.15) is 22.0 Å². The molecule has 0 bridgehead atoms. The molecule has 0 spiro atoms. The summed E-state index contributed by atoms with van der Waals surface area (Å²) in [6.45, 7) is 2.06. The summed E-state index contributed by atoms with van der Waals surface area (Å²) in [5.74, 6) is -7.65. The first-order chi connectivity index (χ1) is 7.58. The molecule has 3 nitrogen and oxygen atoms in total. The SMILES string of the molecule is CC1(CNC(=O)C(F)(F)C(F)(F)F)CCCN1. The van der Waals surface area contributed by atoms with E-state index in [1.165, 1.54) is 0 Å². The minimum Gasteiger partial charge on any atom is -0.349 e. The van der Waals surface area contributed by atoms with Crippen LogP contribution in [0, 0.1) is 0 Å². The van der Waals surface area contributed by atoms with Gasteiger partial charge in [0, 0.05) is 12.1 Å². The molecular formula is C9H13F5N2O. The van der Waals surface area contributed by atoms with Crippen molar-refractivity contribution in [2.45, 2.75) is 37.4 Å². The zero-order valence-electron chi connectivity index (χ0n) is 9.13. The average Bonchev–Trinajstić information content (AvgIpc) is 2.60. The number of carbonyl (C=O) groups is 1. The second-order valence-electron chi connectivity index (χ2n) is 4.35. The second-order valence-corrected chi connectivity index (χ2v) is 4.35. The second kappa shape index (κ2) is 4.40. The molecule has 0 aromatic carbocycles. The van der Waals surface area contributed by atoms with Gasteiger partial charge in [-0.3, -0.25) is 4.79 Å². The topological polar surface area (TPSA) is 41.1 Å². The highest BCUT2D eigenvalue weighted by atomic mass is 19.4. The summed E-state index contributed by atoms with van der Waals surface area (Å²) in [5, 5.41) is 4.58. The maximum absolute atomic E-state index is 12.6. The van der Waals surface area contributed by atoms with E-state index in [2.05, 4.69) is 5.32 Å².